The lowest BCUT2D eigenvalue weighted by molar-refractivity contribution is 0.00537. The Morgan fingerprint density at radius 1 is 1.06 bits per heavy atom. The van der Waals surface area contributed by atoms with E-state index in [-0.39, 0.29) is 71.5 Å². The van der Waals surface area contributed by atoms with Crippen LogP contribution in [-0.2, 0) is 9.47 Å². The molecular formula is C39H43F3N6O6. The van der Waals surface area contributed by atoms with Crippen molar-refractivity contribution in [1.82, 2.24) is 24.8 Å². The molecule has 0 spiro atoms. The number of benzene rings is 2. The summed E-state index contributed by atoms with van der Waals surface area (Å²) in [4.78, 5) is 33.8. The molecule has 2 bridgehead atoms. The average Bonchev–Trinajstić information content (AvgIpc) is 3.73. The maximum Gasteiger partial charge on any atom is 0.410 e. The zero-order valence-corrected chi connectivity index (χ0v) is 30.7. The SMILES string of the molecule is COCOc1cc(-c2nc3c4c(nc(OC[C@]56CCCN5C[C@H](F)C6)nc4c2F)N2C[C@H]4CC[C@@H]([C@@H]2CO3)N4C(=O)OC(C)(C)C)c2c(F)cccc2c1. The minimum absolute atomic E-state index is 0.0705. The van der Waals surface area contributed by atoms with Crippen LogP contribution in [0.5, 0.6) is 17.6 Å². The smallest absolute Gasteiger partial charge is 0.410 e. The fourth-order valence-corrected chi connectivity index (χ4v) is 9.31. The summed E-state index contributed by atoms with van der Waals surface area (Å²) >= 11 is 0. The van der Waals surface area contributed by atoms with Crippen LogP contribution in [0.2, 0.25) is 0 Å². The van der Waals surface area contributed by atoms with Crippen molar-refractivity contribution in [1.29, 1.82) is 0 Å². The topological polar surface area (TPSA) is 112 Å². The molecule has 9 rings (SSSR count). The van der Waals surface area contributed by atoms with Gasteiger partial charge in [0.2, 0.25) is 5.88 Å². The zero-order chi connectivity index (χ0) is 37.5. The van der Waals surface area contributed by atoms with Crippen molar-refractivity contribution >= 4 is 33.6 Å². The summed E-state index contributed by atoms with van der Waals surface area (Å²) in [6.45, 7) is 7.17. The van der Waals surface area contributed by atoms with Crippen molar-refractivity contribution in [3.63, 3.8) is 0 Å². The highest BCUT2D eigenvalue weighted by atomic mass is 19.1. The number of hydrogen-bond acceptors (Lipinski definition) is 11. The number of piperazine rings is 1. The van der Waals surface area contributed by atoms with Gasteiger partial charge in [0.25, 0.3) is 0 Å². The Hall–Kier alpha value is -4.63. The molecule has 12 nitrogen and oxygen atoms in total. The van der Waals surface area contributed by atoms with E-state index in [1.165, 1.54) is 19.2 Å². The quantitative estimate of drug-likeness (QED) is 0.196. The van der Waals surface area contributed by atoms with E-state index in [4.69, 9.17) is 33.7 Å². The minimum atomic E-state index is -0.960. The van der Waals surface area contributed by atoms with Gasteiger partial charge in [-0.05, 0) is 76.6 Å². The van der Waals surface area contributed by atoms with E-state index in [2.05, 4.69) is 14.8 Å². The second-order valence-corrected chi connectivity index (χ2v) is 16.1. The lowest BCUT2D eigenvalue weighted by Gasteiger charge is -2.46. The van der Waals surface area contributed by atoms with Crippen molar-refractivity contribution in [3.05, 3.63) is 42.0 Å². The molecule has 1 amide bonds. The molecule has 54 heavy (non-hydrogen) atoms. The van der Waals surface area contributed by atoms with E-state index >= 15 is 8.78 Å². The first-order valence-corrected chi connectivity index (χ1v) is 18.6. The van der Waals surface area contributed by atoms with Gasteiger partial charge in [0.15, 0.2) is 12.6 Å². The second-order valence-electron chi connectivity index (χ2n) is 16.1. The van der Waals surface area contributed by atoms with Crippen LogP contribution in [0.3, 0.4) is 0 Å². The number of ether oxygens (including phenoxy) is 5. The number of hydrogen-bond donors (Lipinski definition) is 0. The van der Waals surface area contributed by atoms with Gasteiger partial charge in [0, 0.05) is 37.6 Å². The van der Waals surface area contributed by atoms with Crippen molar-refractivity contribution in [2.75, 3.05) is 51.7 Å². The number of amides is 1. The van der Waals surface area contributed by atoms with Gasteiger partial charge in [-0.3, -0.25) is 9.80 Å². The Bertz CT molecular complexity index is 2150. The van der Waals surface area contributed by atoms with Crippen molar-refractivity contribution < 1.29 is 41.7 Å². The maximum absolute atomic E-state index is 17.4. The predicted octanol–water partition coefficient (Wildman–Crippen LogP) is 6.41. The Kier molecular flexibility index (Phi) is 8.45. The van der Waals surface area contributed by atoms with Gasteiger partial charge in [-0.25, -0.2) is 22.9 Å². The van der Waals surface area contributed by atoms with Crippen LogP contribution >= 0.6 is 0 Å². The number of anilines is 1. The van der Waals surface area contributed by atoms with Crippen molar-refractivity contribution in [3.8, 4) is 28.9 Å². The maximum atomic E-state index is 17.4. The Labute approximate surface area is 310 Å². The third kappa shape index (κ3) is 5.81. The Morgan fingerprint density at radius 2 is 1.91 bits per heavy atom. The van der Waals surface area contributed by atoms with Crippen LogP contribution < -0.4 is 19.1 Å². The first-order chi connectivity index (χ1) is 25.9. The summed E-state index contributed by atoms with van der Waals surface area (Å²) < 4.78 is 77.2. The lowest BCUT2D eigenvalue weighted by Crippen LogP contribution is -2.63. The molecule has 286 valence electrons. The second kappa shape index (κ2) is 13.0. The molecule has 0 saturated carbocycles. The van der Waals surface area contributed by atoms with Crippen LogP contribution in [0, 0.1) is 11.6 Å². The standard InChI is InChI=1S/C39H43F3N6O6/c1-38(2,3)54-37(49)48-23-9-10-27(48)28-18-51-35-30-33(31(42)32(43-35)25-14-24(53-20-50-4)13-21-7-5-8-26(41)29(21)25)44-36(45-34(30)47(28)17-23)52-19-39-11-6-12-46(39)16-22(40)15-39/h5,7-8,13-14,22-23,27-28H,6,9-12,15-20H2,1-4H3/t22-,23-,27+,28+,39-/m1/s1. The molecule has 2 aromatic carbocycles. The highest BCUT2D eigenvalue weighted by molar-refractivity contribution is 6.02. The molecule has 0 unspecified atom stereocenters. The van der Waals surface area contributed by atoms with Gasteiger partial charge < -0.3 is 28.6 Å². The third-order valence-electron chi connectivity index (χ3n) is 11.5. The normalized spacial score (nSPS) is 26.1. The third-order valence-corrected chi connectivity index (χ3v) is 11.5. The van der Waals surface area contributed by atoms with E-state index < -0.39 is 41.1 Å². The summed E-state index contributed by atoms with van der Waals surface area (Å²) in [7, 11) is 1.48. The molecule has 15 heteroatoms. The molecule has 5 atom stereocenters. The summed E-state index contributed by atoms with van der Waals surface area (Å²) in [6, 6.07) is 6.81. The summed E-state index contributed by atoms with van der Waals surface area (Å²) in [5.41, 5.74) is -1.35. The first-order valence-electron chi connectivity index (χ1n) is 18.6. The van der Waals surface area contributed by atoms with E-state index in [1.54, 1.807) is 18.2 Å². The monoisotopic (exact) mass is 748 g/mol. The summed E-state index contributed by atoms with van der Waals surface area (Å²) in [6.07, 6.45) is 2.13. The van der Waals surface area contributed by atoms with Gasteiger partial charge in [-0.2, -0.15) is 9.97 Å². The predicted molar refractivity (Wildman–Crippen MR) is 193 cm³/mol. The van der Waals surface area contributed by atoms with Gasteiger partial charge in [-0.15, -0.1) is 0 Å². The van der Waals surface area contributed by atoms with Gasteiger partial charge in [-0.1, -0.05) is 12.1 Å². The van der Waals surface area contributed by atoms with Crippen LogP contribution in [0.25, 0.3) is 32.9 Å². The molecule has 4 saturated heterocycles. The van der Waals surface area contributed by atoms with Gasteiger partial charge in [0.1, 0.15) is 59.0 Å². The number of aromatic nitrogens is 3. The largest absolute Gasteiger partial charge is 0.475 e. The minimum Gasteiger partial charge on any atom is -0.475 e. The Balaban J connectivity index is 1.19. The van der Waals surface area contributed by atoms with Crippen molar-refractivity contribution in [2.45, 2.75) is 88.3 Å². The van der Waals surface area contributed by atoms with E-state index in [9.17, 15) is 9.18 Å². The molecule has 2 aromatic heterocycles. The van der Waals surface area contributed by atoms with Crippen LogP contribution in [0.15, 0.2) is 30.3 Å². The number of fused-ring (bicyclic) bond motifs is 7. The summed E-state index contributed by atoms with van der Waals surface area (Å²) in [5, 5.41) is 0.862. The zero-order valence-electron chi connectivity index (χ0n) is 30.7. The van der Waals surface area contributed by atoms with E-state index in [0.717, 1.165) is 25.8 Å². The molecule has 5 aliphatic rings. The molecule has 5 aliphatic heterocycles. The Morgan fingerprint density at radius 3 is 2.72 bits per heavy atom. The number of rotatable bonds is 7. The van der Waals surface area contributed by atoms with E-state index in [1.807, 2.05) is 25.7 Å². The molecule has 4 fully saturated rings. The van der Waals surface area contributed by atoms with Gasteiger partial charge >= 0.3 is 12.1 Å². The number of pyridine rings is 1. The molecule has 0 radical (unpaired) electrons. The lowest BCUT2D eigenvalue weighted by atomic mass is 9.95. The fraction of sp³-hybridized carbons (Fsp3) is 0.538. The van der Waals surface area contributed by atoms with E-state index in [0.29, 0.717) is 42.9 Å². The van der Waals surface area contributed by atoms with Crippen molar-refractivity contribution in [2.24, 2.45) is 0 Å². The average molecular weight is 749 g/mol. The number of nitrogens with zero attached hydrogens (tertiary/aromatic N) is 6. The first kappa shape index (κ1) is 35.1. The number of carbonyl (C=O) groups is 1. The van der Waals surface area contributed by atoms with Crippen LogP contribution in [0.4, 0.5) is 23.8 Å². The number of alkyl halides is 1. The fourth-order valence-electron chi connectivity index (χ4n) is 9.31. The summed E-state index contributed by atoms with van der Waals surface area (Å²) in [5.74, 6) is -0.626. The van der Waals surface area contributed by atoms with Gasteiger partial charge in [0.05, 0.1) is 23.7 Å². The van der Waals surface area contributed by atoms with Crippen LogP contribution in [0.1, 0.15) is 52.9 Å². The molecule has 4 aromatic rings. The number of methoxy groups -OCH3 is 1. The molecular weight excluding hydrogens is 705 g/mol. The highest BCUT2D eigenvalue weighted by Crippen LogP contribution is 2.47. The molecule has 7 heterocycles. The number of halogens is 3. The molecule has 0 N–H and O–H groups in total. The molecule has 0 aliphatic carbocycles. The highest BCUT2D eigenvalue weighted by Gasteiger charge is 2.52. The van der Waals surface area contributed by atoms with Crippen LogP contribution in [-0.4, -0.2) is 113 Å². The number of carbonyl (C=O) groups excluding carboxylic acids is 1.